The number of aliphatic hydroxyl groups excluding tert-OH is 5. The Bertz CT molecular complexity index is 1300. The van der Waals surface area contributed by atoms with E-state index in [1.54, 1.807) is 0 Å². The summed E-state index contributed by atoms with van der Waals surface area (Å²) in [7, 11) is 0. The SMILES string of the molecule is CCCCCCCCCCCCCCCCCCCCCCCCCC(=O)N[C@@H](CO[C@H]1O[C@H](CO)[C@H](OCCCCCCc2ccccc2)[C@H](O)[C@H]1O)[C@H](O)[C@H](O)CCCCCCCCCCCCCC. The molecule has 0 aliphatic carbocycles. The van der Waals surface area contributed by atoms with Crippen molar-refractivity contribution in [2.75, 3.05) is 19.8 Å². The summed E-state index contributed by atoms with van der Waals surface area (Å²) in [6.45, 7) is 4.17. The summed E-state index contributed by atoms with van der Waals surface area (Å²) < 4.78 is 17.9. The Kier molecular flexibility index (Phi) is 44.1. The molecule has 0 aromatic heterocycles. The number of hydrogen-bond donors (Lipinski definition) is 6. The average Bonchev–Trinajstić information content (AvgIpc) is 3.39. The first kappa shape index (κ1) is 66.5. The fourth-order valence-corrected chi connectivity index (χ4v) is 10.5. The molecule has 1 aromatic rings. The molecule has 1 aliphatic rings. The molecule has 2 rings (SSSR count). The van der Waals surface area contributed by atoms with Gasteiger partial charge in [0.15, 0.2) is 6.29 Å². The molecule has 0 bridgehead atoms. The Balaban J connectivity index is 1.70. The minimum absolute atomic E-state index is 0.226. The van der Waals surface area contributed by atoms with Gasteiger partial charge in [0.25, 0.3) is 0 Å². The highest BCUT2D eigenvalue weighted by atomic mass is 16.7. The molecule has 72 heavy (non-hydrogen) atoms. The lowest BCUT2D eigenvalue weighted by atomic mass is 9.98. The highest BCUT2D eigenvalue weighted by molar-refractivity contribution is 5.76. The first-order valence-electron chi connectivity index (χ1n) is 30.9. The second kappa shape index (κ2) is 47.8. The molecule has 0 unspecified atom stereocenters. The number of nitrogens with one attached hydrogen (secondary N) is 1. The number of benzene rings is 1. The van der Waals surface area contributed by atoms with E-state index in [-0.39, 0.29) is 12.5 Å². The maximum Gasteiger partial charge on any atom is 0.220 e. The molecule has 8 atom stereocenters. The van der Waals surface area contributed by atoms with Crippen LogP contribution in [0.3, 0.4) is 0 Å². The van der Waals surface area contributed by atoms with E-state index < -0.39 is 55.6 Å². The number of ether oxygens (including phenoxy) is 3. The van der Waals surface area contributed by atoms with E-state index in [2.05, 4.69) is 43.4 Å². The van der Waals surface area contributed by atoms with Crippen molar-refractivity contribution in [3.05, 3.63) is 35.9 Å². The zero-order valence-corrected chi connectivity index (χ0v) is 46.7. The molecule has 0 saturated carbocycles. The van der Waals surface area contributed by atoms with Gasteiger partial charge in [-0.2, -0.15) is 0 Å². The van der Waals surface area contributed by atoms with Gasteiger partial charge in [-0.25, -0.2) is 0 Å². The normalized spacial score (nSPS) is 19.4. The summed E-state index contributed by atoms with van der Waals surface area (Å²) in [4.78, 5) is 13.3. The van der Waals surface area contributed by atoms with Crippen LogP contribution in [0, 0.1) is 0 Å². The van der Waals surface area contributed by atoms with Crippen LogP contribution in [0.1, 0.15) is 283 Å². The van der Waals surface area contributed by atoms with Gasteiger partial charge in [-0.3, -0.25) is 4.79 Å². The summed E-state index contributed by atoms with van der Waals surface area (Å²) >= 11 is 0. The Morgan fingerprint density at radius 1 is 0.542 bits per heavy atom. The van der Waals surface area contributed by atoms with Crippen LogP contribution in [0.2, 0.25) is 0 Å². The monoisotopic (exact) mass is 1020 g/mol. The second-order valence-corrected chi connectivity index (χ2v) is 22.0. The third-order valence-corrected chi connectivity index (χ3v) is 15.3. The molecule has 1 heterocycles. The number of hydrogen-bond acceptors (Lipinski definition) is 9. The zero-order chi connectivity index (χ0) is 52.0. The van der Waals surface area contributed by atoms with E-state index in [1.807, 2.05) is 6.07 Å². The molecular weight excluding hydrogens is 903 g/mol. The molecule has 1 aromatic carbocycles. The largest absolute Gasteiger partial charge is 0.394 e. The minimum Gasteiger partial charge on any atom is -0.394 e. The third-order valence-electron chi connectivity index (χ3n) is 15.3. The van der Waals surface area contributed by atoms with E-state index in [9.17, 15) is 30.3 Å². The van der Waals surface area contributed by atoms with Crippen LogP contribution in [0.5, 0.6) is 0 Å². The number of aryl methyl sites for hydroxylation is 1. The summed E-state index contributed by atoms with van der Waals surface area (Å²) in [5.74, 6) is -0.226. The van der Waals surface area contributed by atoms with Crippen LogP contribution in [0.15, 0.2) is 30.3 Å². The van der Waals surface area contributed by atoms with E-state index in [0.717, 1.165) is 70.6 Å². The molecule has 10 heteroatoms. The van der Waals surface area contributed by atoms with Gasteiger partial charge in [-0.1, -0.05) is 275 Å². The molecule has 1 saturated heterocycles. The van der Waals surface area contributed by atoms with Crippen molar-refractivity contribution in [1.82, 2.24) is 5.32 Å². The third kappa shape index (κ3) is 34.8. The van der Waals surface area contributed by atoms with Crippen LogP contribution in [-0.2, 0) is 25.4 Å². The second-order valence-electron chi connectivity index (χ2n) is 22.0. The lowest BCUT2D eigenvalue weighted by Crippen LogP contribution is -2.61. The smallest absolute Gasteiger partial charge is 0.220 e. The molecule has 1 aliphatic heterocycles. The zero-order valence-electron chi connectivity index (χ0n) is 46.7. The van der Waals surface area contributed by atoms with Crippen molar-refractivity contribution in [2.24, 2.45) is 0 Å². The first-order chi connectivity index (χ1) is 35.3. The maximum atomic E-state index is 13.3. The number of unbranched alkanes of at least 4 members (excludes halogenated alkanes) is 36. The van der Waals surface area contributed by atoms with E-state index in [0.29, 0.717) is 19.4 Å². The van der Waals surface area contributed by atoms with Crippen molar-refractivity contribution in [3.8, 4) is 0 Å². The van der Waals surface area contributed by atoms with Crippen LogP contribution in [0.4, 0.5) is 0 Å². The summed E-state index contributed by atoms with van der Waals surface area (Å²) in [6.07, 6.45) is 41.7. The van der Waals surface area contributed by atoms with Gasteiger partial charge in [-0.15, -0.1) is 0 Å². The fourth-order valence-electron chi connectivity index (χ4n) is 10.5. The van der Waals surface area contributed by atoms with Crippen molar-refractivity contribution >= 4 is 5.91 Å². The molecule has 0 radical (unpaired) electrons. The van der Waals surface area contributed by atoms with Crippen LogP contribution >= 0.6 is 0 Å². The summed E-state index contributed by atoms with van der Waals surface area (Å²) in [5, 5.41) is 57.9. The van der Waals surface area contributed by atoms with Crippen molar-refractivity contribution in [3.63, 3.8) is 0 Å². The maximum absolute atomic E-state index is 13.3. The quantitative estimate of drug-likeness (QED) is 0.0350. The van der Waals surface area contributed by atoms with Crippen LogP contribution in [0.25, 0.3) is 0 Å². The number of amides is 1. The Labute approximate surface area is 442 Å². The molecule has 0 spiro atoms. The number of aliphatic hydroxyl groups is 5. The van der Waals surface area contributed by atoms with Crippen molar-refractivity contribution < 1.29 is 44.5 Å². The molecule has 1 fully saturated rings. The van der Waals surface area contributed by atoms with Gasteiger partial charge in [0, 0.05) is 13.0 Å². The minimum atomic E-state index is -1.49. The molecule has 1 amide bonds. The fraction of sp³-hybridized carbons (Fsp3) is 0.887. The lowest BCUT2D eigenvalue weighted by Gasteiger charge is -2.42. The van der Waals surface area contributed by atoms with E-state index in [4.69, 9.17) is 14.2 Å². The number of rotatable bonds is 52. The number of carbonyl (C=O) groups excluding carboxylic acids is 1. The van der Waals surface area contributed by atoms with E-state index in [1.165, 1.54) is 192 Å². The van der Waals surface area contributed by atoms with Crippen molar-refractivity contribution in [1.29, 1.82) is 0 Å². The van der Waals surface area contributed by atoms with Gasteiger partial charge in [0.2, 0.25) is 5.91 Å². The molecular formula is C62H115NO9. The summed E-state index contributed by atoms with van der Waals surface area (Å²) in [6, 6.07) is 9.44. The highest BCUT2D eigenvalue weighted by Gasteiger charge is 2.46. The number of carbonyl (C=O) groups is 1. The Morgan fingerprint density at radius 3 is 1.42 bits per heavy atom. The topological polar surface area (TPSA) is 158 Å². The predicted octanol–water partition coefficient (Wildman–Crippen LogP) is 14.3. The molecule has 422 valence electrons. The van der Waals surface area contributed by atoms with Gasteiger partial charge in [-0.05, 0) is 37.7 Å². The van der Waals surface area contributed by atoms with Crippen molar-refractivity contribution in [2.45, 2.75) is 332 Å². The molecule has 10 nitrogen and oxygen atoms in total. The summed E-state index contributed by atoms with van der Waals surface area (Å²) in [5.41, 5.74) is 1.32. The first-order valence-corrected chi connectivity index (χ1v) is 30.9. The lowest BCUT2D eigenvalue weighted by molar-refractivity contribution is -0.309. The Morgan fingerprint density at radius 2 is 0.958 bits per heavy atom. The highest BCUT2D eigenvalue weighted by Crippen LogP contribution is 2.26. The van der Waals surface area contributed by atoms with Gasteiger partial charge in [0.05, 0.1) is 25.4 Å². The standard InChI is InChI=1S/C62H115NO9/c1-3-5-7-9-11-13-15-17-18-19-20-21-22-23-24-25-26-27-29-31-33-35-43-49-57(66)63-54(58(67)55(65)48-42-34-32-30-28-16-14-12-10-8-6-4-2)52-71-62-60(69)59(68)61(56(51-64)72-62)70-50-44-37-36-39-45-53-46-40-38-41-47-53/h38,40-41,46-47,54-56,58-62,64-65,67-69H,3-37,39,42-45,48-52H2,1-2H3,(H,63,66)/t54-,55+,56+,58-,59+,60+,61-,62-/m0/s1. The van der Waals surface area contributed by atoms with Gasteiger partial charge in [0.1, 0.15) is 30.5 Å². The van der Waals surface area contributed by atoms with E-state index >= 15 is 0 Å². The Hall–Kier alpha value is -1.63. The predicted molar refractivity (Wildman–Crippen MR) is 298 cm³/mol. The molecule has 6 N–H and O–H groups in total. The van der Waals surface area contributed by atoms with Crippen LogP contribution < -0.4 is 5.32 Å². The average molecular weight is 1020 g/mol. The van der Waals surface area contributed by atoms with Crippen LogP contribution in [-0.4, -0.2) is 100 Å². The van der Waals surface area contributed by atoms with Gasteiger partial charge >= 0.3 is 0 Å². The van der Waals surface area contributed by atoms with Gasteiger partial charge < -0.3 is 45.1 Å².